The Morgan fingerprint density at radius 3 is 2.14 bits per heavy atom. The molecular formula is C11H20N2S. The van der Waals surface area contributed by atoms with E-state index in [2.05, 4.69) is 31.8 Å². The summed E-state index contributed by atoms with van der Waals surface area (Å²) in [6.45, 7) is 6.23. The topological polar surface area (TPSA) is 15.6 Å². The summed E-state index contributed by atoms with van der Waals surface area (Å²) in [6, 6.07) is 0. The van der Waals surface area contributed by atoms with Crippen LogP contribution in [0.2, 0.25) is 0 Å². The number of allylic oxidation sites excluding steroid dienone is 3. The average molecular weight is 212 g/mol. The fraction of sp³-hybridized carbons (Fsp3) is 0.545. The van der Waals surface area contributed by atoms with Gasteiger partial charge in [-0.3, -0.25) is 0 Å². The van der Waals surface area contributed by atoms with Gasteiger partial charge in [0, 0.05) is 20.3 Å². The third-order valence-corrected chi connectivity index (χ3v) is 2.30. The second-order valence-corrected chi connectivity index (χ2v) is 4.38. The van der Waals surface area contributed by atoms with Crippen LogP contribution in [0.1, 0.15) is 20.8 Å². The van der Waals surface area contributed by atoms with Crippen LogP contribution < -0.4 is 0 Å². The zero-order valence-corrected chi connectivity index (χ0v) is 10.8. The fourth-order valence-corrected chi connectivity index (χ4v) is 1.52. The van der Waals surface area contributed by atoms with E-state index in [-0.39, 0.29) is 0 Å². The molecule has 0 rings (SSSR count). The highest BCUT2D eigenvalue weighted by Gasteiger charge is 1.96. The van der Waals surface area contributed by atoms with Gasteiger partial charge in [0.05, 0.1) is 0 Å². The summed E-state index contributed by atoms with van der Waals surface area (Å²) < 4.78 is 0. The van der Waals surface area contributed by atoms with Crippen LogP contribution in [0.25, 0.3) is 0 Å². The summed E-state index contributed by atoms with van der Waals surface area (Å²) in [5.74, 6) is 0. The van der Waals surface area contributed by atoms with Gasteiger partial charge in [-0.2, -0.15) is 0 Å². The molecule has 14 heavy (non-hydrogen) atoms. The molecule has 0 bridgehead atoms. The Balaban J connectivity index is 4.58. The molecule has 0 aliphatic carbocycles. The first-order valence-electron chi connectivity index (χ1n) is 4.58. The van der Waals surface area contributed by atoms with E-state index in [0.29, 0.717) is 0 Å². The Kier molecular flexibility index (Phi) is 6.37. The molecule has 0 amide bonds. The maximum absolute atomic E-state index is 4.39. The molecular weight excluding hydrogens is 192 g/mol. The highest BCUT2D eigenvalue weighted by molar-refractivity contribution is 8.13. The number of rotatable bonds is 2. The molecule has 3 heteroatoms. The highest BCUT2D eigenvalue weighted by Crippen LogP contribution is 2.05. The summed E-state index contributed by atoms with van der Waals surface area (Å²) in [5, 5.41) is 1.02. The van der Waals surface area contributed by atoms with E-state index in [0.717, 1.165) is 5.17 Å². The summed E-state index contributed by atoms with van der Waals surface area (Å²) in [4.78, 5) is 6.40. The monoisotopic (exact) mass is 212 g/mol. The van der Waals surface area contributed by atoms with Gasteiger partial charge in [0.2, 0.25) is 0 Å². The first-order chi connectivity index (χ1) is 6.47. The lowest BCUT2D eigenvalue weighted by Gasteiger charge is -2.11. The summed E-state index contributed by atoms with van der Waals surface area (Å²) in [5.41, 5.74) is 2.47. The van der Waals surface area contributed by atoms with Crippen LogP contribution in [0.4, 0.5) is 0 Å². The fourth-order valence-electron chi connectivity index (χ4n) is 1.00. The number of nitrogens with zero attached hydrogens (tertiary/aromatic N) is 2. The van der Waals surface area contributed by atoms with Crippen LogP contribution >= 0.6 is 11.8 Å². The summed E-state index contributed by atoms with van der Waals surface area (Å²) in [6.07, 6.45) is 6.05. The van der Waals surface area contributed by atoms with Gasteiger partial charge in [0.25, 0.3) is 0 Å². The third kappa shape index (κ3) is 5.86. The van der Waals surface area contributed by atoms with Gasteiger partial charge in [-0.05, 0) is 32.6 Å². The quantitative estimate of drug-likeness (QED) is 0.397. The van der Waals surface area contributed by atoms with Crippen LogP contribution in [0, 0.1) is 0 Å². The molecule has 0 fully saturated rings. The van der Waals surface area contributed by atoms with Gasteiger partial charge in [-0.1, -0.05) is 23.4 Å². The lowest BCUT2D eigenvalue weighted by Crippen LogP contribution is -2.17. The lowest BCUT2D eigenvalue weighted by molar-refractivity contribution is 0.636. The molecule has 0 aliphatic heterocycles. The number of hydrogen-bond donors (Lipinski definition) is 0. The van der Waals surface area contributed by atoms with E-state index in [1.54, 1.807) is 11.8 Å². The first-order valence-corrected chi connectivity index (χ1v) is 5.80. The van der Waals surface area contributed by atoms with Crippen molar-refractivity contribution in [1.29, 1.82) is 0 Å². The molecule has 0 saturated carbocycles. The van der Waals surface area contributed by atoms with E-state index in [4.69, 9.17) is 0 Å². The normalized spacial score (nSPS) is 12.7. The predicted octanol–water partition coefficient (Wildman–Crippen LogP) is 3.14. The minimum Gasteiger partial charge on any atom is -0.357 e. The molecule has 80 valence electrons. The van der Waals surface area contributed by atoms with Crippen molar-refractivity contribution in [3.63, 3.8) is 0 Å². The van der Waals surface area contributed by atoms with Crippen LogP contribution in [0.5, 0.6) is 0 Å². The van der Waals surface area contributed by atoms with E-state index in [1.807, 2.05) is 31.5 Å². The molecule has 0 aliphatic rings. The van der Waals surface area contributed by atoms with Gasteiger partial charge < -0.3 is 4.90 Å². The van der Waals surface area contributed by atoms with Crippen molar-refractivity contribution in [3.8, 4) is 0 Å². The van der Waals surface area contributed by atoms with Crippen molar-refractivity contribution in [2.75, 3.05) is 20.4 Å². The number of aliphatic imine (C=N–C) groups is 1. The molecule has 0 N–H and O–H groups in total. The van der Waals surface area contributed by atoms with Gasteiger partial charge in [0.15, 0.2) is 5.17 Å². The predicted molar refractivity (Wildman–Crippen MR) is 67.8 cm³/mol. The summed E-state index contributed by atoms with van der Waals surface area (Å²) >= 11 is 1.65. The molecule has 0 radical (unpaired) electrons. The van der Waals surface area contributed by atoms with Crippen molar-refractivity contribution in [3.05, 3.63) is 23.4 Å². The zero-order valence-electron chi connectivity index (χ0n) is 9.96. The van der Waals surface area contributed by atoms with Crippen LogP contribution in [0.15, 0.2) is 28.4 Å². The minimum atomic E-state index is 1.02. The first kappa shape index (κ1) is 13.3. The van der Waals surface area contributed by atoms with Crippen molar-refractivity contribution in [2.24, 2.45) is 4.99 Å². The Labute approximate surface area is 91.8 Å². The molecule has 2 nitrogen and oxygen atoms in total. The smallest absolute Gasteiger partial charge is 0.162 e. The second kappa shape index (κ2) is 6.71. The molecule has 0 aromatic carbocycles. The molecule has 0 unspecified atom stereocenters. The molecule has 0 heterocycles. The van der Waals surface area contributed by atoms with Crippen LogP contribution in [-0.4, -0.2) is 30.4 Å². The maximum atomic E-state index is 4.39. The Morgan fingerprint density at radius 1 is 1.21 bits per heavy atom. The standard InChI is InChI=1S/C11H20N2S/c1-9(2)7-10(3)8-12-11(14-6)13(4)5/h7-8H,1-6H3/b10-8+,12-11?. The number of hydrogen-bond acceptors (Lipinski definition) is 2. The molecule has 0 aromatic rings. The molecule has 0 saturated heterocycles. The van der Waals surface area contributed by atoms with Crippen LogP contribution in [-0.2, 0) is 0 Å². The second-order valence-electron chi connectivity index (χ2n) is 3.61. The summed E-state index contributed by atoms with van der Waals surface area (Å²) in [7, 11) is 4.00. The highest BCUT2D eigenvalue weighted by atomic mass is 32.2. The maximum Gasteiger partial charge on any atom is 0.162 e. The number of amidine groups is 1. The van der Waals surface area contributed by atoms with Gasteiger partial charge in [0.1, 0.15) is 0 Å². The lowest BCUT2D eigenvalue weighted by atomic mass is 10.2. The third-order valence-electron chi connectivity index (χ3n) is 1.46. The largest absolute Gasteiger partial charge is 0.357 e. The van der Waals surface area contributed by atoms with Gasteiger partial charge in [-0.15, -0.1) is 0 Å². The van der Waals surface area contributed by atoms with Crippen molar-refractivity contribution >= 4 is 16.9 Å². The molecule has 0 atom stereocenters. The molecule has 0 spiro atoms. The average Bonchev–Trinajstić information content (AvgIpc) is 2.03. The van der Waals surface area contributed by atoms with Crippen molar-refractivity contribution in [2.45, 2.75) is 20.8 Å². The van der Waals surface area contributed by atoms with E-state index < -0.39 is 0 Å². The molecule has 0 aromatic heterocycles. The van der Waals surface area contributed by atoms with Crippen LogP contribution in [0.3, 0.4) is 0 Å². The number of thioether (sulfide) groups is 1. The van der Waals surface area contributed by atoms with Crippen molar-refractivity contribution < 1.29 is 0 Å². The van der Waals surface area contributed by atoms with E-state index >= 15 is 0 Å². The van der Waals surface area contributed by atoms with E-state index in [1.165, 1.54) is 11.1 Å². The van der Waals surface area contributed by atoms with Gasteiger partial charge in [-0.25, -0.2) is 4.99 Å². The minimum absolute atomic E-state index is 1.02. The SMILES string of the molecule is CSC(=N/C=C(\C)C=C(C)C)N(C)C. The van der Waals surface area contributed by atoms with Gasteiger partial charge >= 0.3 is 0 Å². The van der Waals surface area contributed by atoms with Crippen molar-refractivity contribution in [1.82, 2.24) is 4.90 Å². The zero-order chi connectivity index (χ0) is 11.1. The Morgan fingerprint density at radius 2 is 1.79 bits per heavy atom. The van der Waals surface area contributed by atoms with E-state index in [9.17, 15) is 0 Å². The Bertz CT molecular complexity index is 258. The Hall–Kier alpha value is -0.700.